The van der Waals surface area contributed by atoms with Crippen molar-refractivity contribution in [2.24, 2.45) is 0 Å². The van der Waals surface area contributed by atoms with E-state index in [1.54, 1.807) is 11.3 Å². The Bertz CT molecular complexity index is 381. The van der Waals surface area contributed by atoms with Crippen molar-refractivity contribution in [3.05, 3.63) is 21.9 Å². The highest BCUT2D eigenvalue weighted by Gasteiger charge is 2.54. The summed E-state index contributed by atoms with van der Waals surface area (Å²) in [5.41, 5.74) is 0.761. The van der Waals surface area contributed by atoms with Crippen molar-refractivity contribution < 1.29 is 9.53 Å². The van der Waals surface area contributed by atoms with E-state index in [0.717, 1.165) is 5.56 Å². The van der Waals surface area contributed by atoms with Gasteiger partial charge in [0.1, 0.15) is 5.54 Å². The van der Waals surface area contributed by atoms with Crippen LogP contribution in [-0.4, -0.2) is 31.1 Å². The van der Waals surface area contributed by atoms with Crippen molar-refractivity contribution in [2.45, 2.75) is 5.54 Å². The Balaban J connectivity index is 2.21. The Kier molecular flexibility index (Phi) is 1.24. The molecule has 1 spiro atoms. The molecule has 13 heavy (non-hydrogen) atoms. The maximum absolute atomic E-state index is 11.7. The average molecular weight is 195 g/mol. The molecule has 3 nitrogen and oxygen atoms in total. The lowest BCUT2D eigenvalue weighted by Crippen LogP contribution is -2.55. The first-order chi connectivity index (χ1) is 6.26. The van der Waals surface area contributed by atoms with Gasteiger partial charge in [0.2, 0.25) is 0 Å². The molecule has 68 valence electrons. The minimum atomic E-state index is -0.111. The second kappa shape index (κ2) is 2.13. The van der Waals surface area contributed by atoms with Crippen molar-refractivity contribution in [1.29, 1.82) is 0 Å². The molecular formula is C9H9NO2S. The lowest BCUT2D eigenvalue weighted by Gasteiger charge is -2.43. The number of nitrogens with zero attached hydrogens (tertiary/aromatic N) is 1. The summed E-state index contributed by atoms with van der Waals surface area (Å²) in [6.07, 6.45) is 0. The molecular weight excluding hydrogens is 186 g/mol. The van der Waals surface area contributed by atoms with Crippen LogP contribution in [0.1, 0.15) is 15.2 Å². The van der Waals surface area contributed by atoms with Crippen molar-refractivity contribution in [1.82, 2.24) is 4.90 Å². The molecule has 0 bridgehead atoms. The third-order valence-electron chi connectivity index (χ3n) is 2.95. The topological polar surface area (TPSA) is 29.5 Å². The molecule has 1 fully saturated rings. The molecule has 0 unspecified atom stereocenters. The summed E-state index contributed by atoms with van der Waals surface area (Å²) in [6.45, 7) is 1.31. The Morgan fingerprint density at radius 2 is 2.38 bits per heavy atom. The van der Waals surface area contributed by atoms with E-state index in [2.05, 4.69) is 0 Å². The number of thiophene rings is 1. The van der Waals surface area contributed by atoms with Gasteiger partial charge in [0, 0.05) is 11.9 Å². The van der Waals surface area contributed by atoms with Crippen LogP contribution in [0.25, 0.3) is 0 Å². The summed E-state index contributed by atoms with van der Waals surface area (Å²) in [5, 5.41) is 1.98. The van der Waals surface area contributed by atoms with Gasteiger partial charge in [-0.25, -0.2) is 0 Å². The molecule has 3 rings (SSSR count). The first kappa shape index (κ1) is 7.53. The number of hydrogen-bond acceptors (Lipinski definition) is 3. The van der Waals surface area contributed by atoms with Crippen LogP contribution < -0.4 is 0 Å². The van der Waals surface area contributed by atoms with Crippen LogP contribution in [0.5, 0.6) is 0 Å². The van der Waals surface area contributed by atoms with Crippen LogP contribution in [0.4, 0.5) is 0 Å². The third-order valence-corrected chi connectivity index (χ3v) is 4.05. The second-order valence-electron chi connectivity index (χ2n) is 3.55. The van der Waals surface area contributed by atoms with Crippen molar-refractivity contribution in [2.75, 3.05) is 20.3 Å². The molecule has 1 saturated heterocycles. The van der Waals surface area contributed by atoms with Gasteiger partial charge in [-0.3, -0.25) is 4.79 Å². The molecule has 2 aliphatic heterocycles. The monoisotopic (exact) mass is 195 g/mol. The molecule has 2 aliphatic rings. The van der Waals surface area contributed by atoms with E-state index in [1.807, 2.05) is 23.4 Å². The van der Waals surface area contributed by atoms with Crippen LogP contribution in [0.15, 0.2) is 11.4 Å². The standard InChI is InChI=1S/C9H9NO2S/c1-10-8(11)6-2-3-13-7(6)9(10)4-12-5-9/h2-3H,4-5H2,1H3. The number of likely N-dealkylation sites (N-methyl/N-ethyl adjacent to an activating group) is 1. The highest BCUT2D eigenvalue weighted by Crippen LogP contribution is 2.45. The molecule has 1 aromatic rings. The SMILES string of the molecule is CN1C(=O)c2ccsc2C12COC2. The van der Waals surface area contributed by atoms with Gasteiger partial charge in [-0.1, -0.05) is 0 Å². The highest BCUT2D eigenvalue weighted by atomic mass is 32.1. The van der Waals surface area contributed by atoms with Crippen LogP contribution in [-0.2, 0) is 10.3 Å². The van der Waals surface area contributed by atoms with Gasteiger partial charge in [0.25, 0.3) is 5.91 Å². The molecule has 0 atom stereocenters. The first-order valence-corrected chi connectivity index (χ1v) is 5.07. The normalized spacial score (nSPS) is 23.5. The fourth-order valence-electron chi connectivity index (χ4n) is 1.99. The molecule has 1 amide bonds. The molecule has 0 saturated carbocycles. The quantitative estimate of drug-likeness (QED) is 0.619. The van der Waals surface area contributed by atoms with Crippen molar-refractivity contribution in [3.63, 3.8) is 0 Å². The van der Waals surface area contributed by atoms with E-state index >= 15 is 0 Å². The van der Waals surface area contributed by atoms with Gasteiger partial charge in [0.15, 0.2) is 0 Å². The van der Waals surface area contributed by atoms with Crippen molar-refractivity contribution >= 4 is 17.2 Å². The number of rotatable bonds is 0. The lowest BCUT2D eigenvalue weighted by molar-refractivity contribution is -0.116. The Hall–Kier alpha value is -0.870. The zero-order valence-electron chi connectivity index (χ0n) is 7.24. The number of fused-ring (bicyclic) bond motifs is 2. The second-order valence-corrected chi connectivity index (χ2v) is 4.47. The van der Waals surface area contributed by atoms with Gasteiger partial charge >= 0.3 is 0 Å². The minimum Gasteiger partial charge on any atom is -0.376 e. The Morgan fingerprint density at radius 3 is 3.00 bits per heavy atom. The van der Waals surface area contributed by atoms with Crippen LogP contribution in [0, 0.1) is 0 Å². The third kappa shape index (κ3) is 0.673. The van der Waals surface area contributed by atoms with Gasteiger partial charge in [0.05, 0.1) is 18.8 Å². The van der Waals surface area contributed by atoms with Crippen LogP contribution in [0.3, 0.4) is 0 Å². The molecule has 3 heterocycles. The first-order valence-electron chi connectivity index (χ1n) is 4.19. The maximum Gasteiger partial charge on any atom is 0.255 e. The summed E-state index contributed by atoms with van der Waals surface area (Å²) in [7, 11) is 1.86. The van der Waals surface area contributed by atoms with Gasteiger partial charge in [-0.05, 0) is 11.4 Å². The fraction of sp³-hybridized carbons (Fsp3) is 0.444. The van der Waals surface area contributed by atoms with Gasteiger partial charge in [-0.2, -0.15) is 0 Å². The summed E-state index contributed by atoms with van der Waals surface area (Å²) in [5.74, 6) is 0.138. The number of amides is 1. The smallest absolute Gasteiger partial charge is 0.255 e. The summed E-state index contributed by atoms with van der Waals surface area (Å²) in [6, 6.07) is 1.91. The fourth-order valence-corrected chi connectivity index (χ4v) is 3.08. The molecule has 4 heteroatoms. The van der Waals surface area contributed by atoms with Crippen LogP contribution >= 0.6 is 11.3 Å². The maximum atomic E-state index is 11.7. The molecule has 0 N–H and O–H groups in total. The number of ether oxygens (including phenoxy) is 1. The van der Waals surface area contributed by atoms with E-state index in [0.29, 0.717) is 13.2 Å². The largest absolute Gasteiger partial charge is 0.376 e. The highest BCUT2D eigenvalue weighted by molar-refractivity contribution is 7.10. The van der Waals surface area contributed by atoms with E-state index in [-0.39, 0.29) is 11.4 Å². The number of carbonyl (C=O) groups is 1. The predicted octanol–water partition coefficient (Wildman–Crippen LogP) is 1.06. The minimum absolute atomic E-state index is 0.111. The summed E-state index contributed by atoms with van der Waals surface area (Å²) >= 11 is 1.66. The molecule has 1 aromatic heterocycles. The average Bonchev–Trinajstić information content (AvgIpc) is 2.55. The van der Waals surface area contributed by atoms with E-state index in [9.17, 15) is 4.79 Å². The Labute approximate surface area is 79.9 Å². The van der Waals surface area contributed by atoms with Crippen LogP contribution in [0.2, 0.25) is 0 Å². The summed E-state index contributed by atoms with van der Waals surface area (Å²) < 4.78 is 5.22. The van der Waals surface area contributed by atoms with Gasteiger partial charge in [-0.15, -0.1) is 11.3 Å². The van der Waals surface area contributed by atoms with E-state index in [1.165, 1.54) is 4.88 Å². The zero-order valence-corrected chi connectivity index (χ0v) is 8.06. The van der Waals surface area contributed by atoms with E-state index < -0.39 is 0 Å². The van der Waals surface area contributed by atoms with Gasteiger partial charge < -0.3 is 9.64 Å². The Morgan fingerprint density at radius 1 is 1.62 bits per heavy atom. The lowest BCUT2D eigenvalue weighted by atomic mass is 9.96. The molecule has 0 aromatic carbocycles. The molecule has 0 aliphatic carbocycles. The number of carbonyl (C=O) groups excluding carboxylic acids is 1. The summed E-state index contributed by atoms with van der Waals surface area (Å²) in [4.78, 5) is 14.7. The molecule has 0 radical (unpaired) electrons. The zero-order chi connectivity index (χ0) is 9.05. The number of hydrogen-bond donors (Lipinski definition) is 0. The predicted molar refractivity (Wildman–Crippen MR) is 48.9 cm³/mol. The van der Waals surface area contributed by atoms with Crippen molar-refractivity contribution in [3.8, 4) is 0 Å². The van der Waals surface area contributed by atoms with E-state index in [4.69, 9.17) is 4.74 Å².